The van der Waals surface area contributed by atoms with Gasteiger partial charge in [0.15, 0.2) is 5.79 Å². The highest BCUT2D eigenvalue weighted by Gasteiger charge is 2.71. The van der Waals surface area contributed by atoms with Crippen molar-refractivity contribution in [1.82, 2.24) is 0 Å². The minimum atomic E-state index is -0.592. The topological polar surface area (TPSA) is 80.3 Å². The summed E-state index contributed by atoms with van der Waals surface area (Å²) in [4.78, 5) is 24.5. The third-order valence-corrected chi connectivity index (χ3v) is 12.3. The molecule has 0 N–H and O–H groups in total. The molecule has 7 heteroatoms. The van der Waals surface area contributed by atoms with E-state index in [4.69, 9.17) is 23.7 Å². The first-order chi connectivity index (χ1) is 19.5. The average Bonchev–Trinajstić information content (AvgIpc) is 3.38. The van der Waals surface area contributed by atoms with E-state index in [1.165, 1.54) is 19.4 Å². The standard InChI is InChI=1S/C34H50O7/c1-7-14-37-19-33-28(16-29-31(33)21(3)34(41-29)13-10-20(2)18-38-34)26-9-8-24-15-25(39-22(4)35)11-12-32(24,6)27(26)17-30(33)40-23(5)36/h7,16,20-21,24-27,29-31H,1,8-15,17-19H2,2-6H3/t20-,21+,24+,25+,26-,27+,29+,30+,31+,32+,33-,34-/m1/s1. The van der Waals surface area contributed by atoms with Crippen LogP contribution in [0.25, 0.3) is 0 Å². The van der Waals surface area contributed by atoms with Crippen LogP contribution in [-0.2, 0) is 33.3 Å². The van der Waals surface area contributed by atoms with Gasteiger partial charge in [-0.25, -0.2) is 0 Å². The third-order valence-electron chi connectivity index (χ3n) is 12.3. The molecule has 0 bridgehead atoms. The molecule has 2 aliphatic heterocycles. The molecule has 1 spiro atoms. The molecule has 4 aliphatic carbocycles. The molecular weight excluding hydrogens is 520 g/mol. The molecule has 2 heterocycles. The molecule has 3 saturated carbocycles. The fraction of sp³-hybridized carbons (Fsp3) is 0.824. The molecule has 5 fully saturated rings. The summed E-state index contributed by atoms with van der Waals surface area (Å²) < 4.78 is 31.9. The molecule has 2 saturated heterocycles. The first-order valence-electron chi connectivity index (χ1n) is 16.1. The predicted molar refractivity (Wildman–Crippen MR) is 154 cm³/mol. The van der Waals surface area contributed by atoms with E-state index in [-0.39, 0.29) is 47.5 Å². The average molecular weight is 571 g/mol. The first kappa shape index (κ1) is 29.4. The quantitative estimate of drug-likeness (QED) is 0.220. The van der Waals surface area contributed by atoms with Crippen molar-refractivity contribution in [2.24, 2.45) is 46.3 Å². The van der Waals surface area contributed by atoms with Crippen LogP contribution in [0.3, 0.4) is 0 Å². The summed E-state index contributed by atoms with van der Waals surface area (Å²) in [5.41, 5.74) is 1.04. The summed E-state index contributed by atoms with van der Waals surface area (Å²) in [6.07, 6.45) is 11.7. The van der Waals surface area contributed by atoms with Gasteiger partial charge >= 0.3 is 11.9 Å². The molecule has 12 atom stereocenters. The van der Waals surface area contributed by atoms with E-state index < -0.39 is 11.2 Å². The Balaban J connectivity index is 1.38. The van der Waals surface area contributed by atoms with Crippen molar-refractivity contribution in [2.45, 2.75) is 110 Å². The number of carbonyl (C=O) groups excluding carboxylic acids is 2. The monoisotopic (exact) mass is 570 g/mol. The van der Waals surface area contributed by atoms with Gasteiger partial charge in [0, 0.05) is 32.1 Å². The van der Waals surface area contributed by atoms with Crippen LogP contribution in [0.15, 0.2) is 24.3 Å². The summed E-state index contributed by atoms with van der Waals surface area (Å²) in [5.74, 6) is 1.04. The van der Waals surface area contributed by atoms with Crippen LogP contribution in [0.4, 0.5) is 0 Å². The van der Waals surface area contributed by atoms with Crippen molar-refractivity contribution in [3.05, 3.63) is 24.3 Å². The second kappa shape index (κ2) is 10.8. The van der Waals surface area contributed by atoms with Crippen molar-refractivity contribution in [2.75, 3.05) is 19.8 Å². The molecule has 228 valence electrons. The number of fused-ring (bicyclic) bond motifs is 7. The van der Waals surface area contributed by atoms with E-state index >= 15 is 0 Å². The van der Waals surface area contributed by atoms with E-state index in [1.54, 1.807) is 6.08 Å². The smallest absolute Gasteiger partial charge is 0.302 e. The van der Waals surface area contributed by atoms with Gasteiger partial charge in [0.1, 0.15) is 12.2 Å². The molecular formula is C34H50O7. The Morgan fingerprint density at radius 3 is 2.54 bits per heavy atom. The van der Waals surface area contributed by atoms with E-state index in [2.05, 4.69) is 33.4 Å². The molecule has 7 nitrogen and oxygen atoms in total. The van der Waals surface area contributed by atoms with Crippen molar-refractivity contribution in [3.63, 3.8) is 0 Å². The van der Waals surface area contributed by atoms with Gasteiger partial charge < -0.3 is 23.7 Å². The maximum absolute atomic E-state index is 12.7. The SMILES string of the molecule is C=CCOC[C@]12C(=C[C@@H]3O[C@]4(CC[C@@H](C)CO4)[C@@H](C)[C@@H]31)[C@@H]1CC[C@H]3C[C@@H](OC(C)=O)CC[C@]3(C)[C@H]1C[C@@H]2OC(C)=O. The van der Waals surface area contributed by atoms with Crippen LogP contribution in [0, 0.1) is 46.3 Å². The number of esters is 2. The predicted octanol–water partition coefficient (Wildman–Crippen LogP) is 6.01. The van der Waals surface area contributed by atoms with Gasteiger partial charge in [-0.3, -0.25) is 9.59 Å². The van der Waals surface area contributed by atoms with Crippen LogP contribution in [0.5, 0.6) is 0 Å². The van der Waals surface area contributed by atoms with Gasteiger partial charge in [-0.05, 0) is 74.0 Å². The Morgan fingerprint density at radius 1 is 1.07 bits per heavy atom. The molecule has 0 unspecified atom stereocenters. The zero-order valence-electron chi connectivity index (χ0n) is 25.7. The summed E-state index contributed by atoms with van der Waals surface area (Å²) >= 11 is 0. The Labute approximate surface area is 245 Å². The van der Waals surface area contributed by atoms with E-state index in [9.17, 15) is 9.59 Å². The van der Waals surface area contributed by atoms with Gasteiger partial charge in [-0.15, -0.1) is 6.58 Å². The van der Waals surface area contributed by atoms with Gasteiger partial charge in [-0.2, -0.15) is 0 Å². The molecule has 0 amide bonds. The maximum Gasteiger partial charge on any atom is 0.302 e. The van der Waals surface area contributed by atoms with Crippen molar-refractivity contribution >= 4 is 11.9 Å². The van der Waals surface area contributed by atoms with Gasteiger partial charge in [0.05, 0.1) is 31.3 Å². The normalized spacial score (nSPS) is 48.3. The Bertz CT molecular complexity index is 1070. The lowest BCUT2D eigenvalue weighted by molar-refractivity contribution is -0.265. The number of hydrogen-bond donors (Lipinski definition) is 0. The highest BCUT2D eigenvalue weighted by Crippen LogP contribution is 2.70. The lowest BCUT2D eigenvalue weighted by Crippen LogP contribution is -2.60. The zero-order valence-corrected chi connectivity index (χ0v) is 25.7. The molecule has 0 radical (unpaired) electrons. The lowest BCUT2D eigenvalue weighted by atomic mass is 9.44. The summed E-state index contributed by atoms with van der Waals surface area (Å²) in [5, 5.41) is 0. The number of rotatable bonds is 6. The second-order valence-corrected chi connectivity index (χ2v) is 14.5. The van der Waals surface area contributed by atoms with Gasteiger partial charge in [0.25, 0.3) is 0 Å². The van der Waals surface area contributed by atoms with E-state index in [0.29, 0.717) is 43.5 Å². The zero-order chi connectivity index (χ0) is 29.2. The number of ether oxygens (including phenoxy) is 5. The molecule has 0 aromatic heterocycles. The van der Waals surface area contributed by atoms with E-state index in [1.807, 2.05) is 0 Å². The van der Waals surface area contributed by atoms with Crippen molar-refractivity contribution < 1.29 is 33.3 Å². The van der Waals surface area contributed by atoms with E-state index in [0.717, 1.165) is 51.4 Å². The lowest BCUT2D eigenvalue weighted by Gasteiger charge is -2.61. The number of carbonyl (C=O) groups is 2. The summed E-state index contributed by atoms with van der Waals surface area (Å²) in [7, 11) is 0. The van der Waals surface area contributed by atoms with Crippen LogP contribution in [0.1, 0.15) is 86.0 Å². The maximum atomic E-state index is 12.7. The second-order valence-electron chi connectivity index (χ2n) is 14.5. The third kappa shape index (κ3) is 4.64. The largest absolute Gasteiger partial charge is 0.463 e. The highest BCUT2D eigenvalue weighted by atomic mass is 16.7. The Hall–Kier alpha value is -1.70. The Kier molecular flexibility index (Phi) is 7.73. The molecule has 6 aliphatic rings. The number of hydrogen-bond acceptors (Lipinski definition) is 7. The fourth-order valence-electron chi connectivity index (χ4n) is 10.5. The summed E-state index contributed by atoms with van der Waals surface area (Å²) in [6.45, 7) is 15.6. The van der Waals surface area contributed by atoms with Crippen molar-refractivity contribution in [1.29, 1.82) is 0 Å². The van der Waals surface area contributed by atoms with Crippen LogP contribution < -0.4 is 0 Å². The minimum absolute atomic E-state index is 0.00933. The van der Waals surface area contributed by atoms with Gasteiger partial charge in [0.2, 0.25) is 0 Å². The van der Waals surface area contributed by atoms with Crippen molar-refractivity contribution in [3.8, 4) is 0 Å². The molecule has 0 aromatic carbocycles. The Morgan fingerprint density at radius 2 is 1.85 bits per heavy atom. The first-order valence-corrected chi connectivity index (χ1v) is 16.1. The fourth-order valence-corrected chi connectivity index (χ4v) is 10.5. The van der Waals surface area contributed by atoms with Crippen LogP contribution in [-0.4, -0.2) is 55.9 Å². The molecule has 6 rings (SSSR count). The highest BCUT2D eigenvalue weighted by molar-refractivity contribution is 5.66. The minimum Gasteiger partial charge on any atom is -0.463 e. The summed E-state index contributed by atoms with van der Waals surface area (Å²) in [6, 6.07) is 0. The van der Waals surface area contributed by atoms with Crippen LogP contribution >= 0.6 is 0 Å². The molecule has 0 aromatic rings. The van der Waals surface area contributed by atoms with Gasteiger partial charge in [-0.1, -0.05) is 38.5 Å². The molecule has 41 heavy (non-hydrogen) atoms. The van der Waals surface area contributed by atoms with Crippen LogP contribution in [0.2, 0.25) is 0 Å².